The van der Waals surface area contributed by atoms with Gasteiger partial charge in [0, 0.05) is 41.1 Å². The molecule has 0 unspecified atom stereocenters. The maximum absolute atomic E-state index is 13.3. The average molecular weight is 585 g/mol. The molecule has 3 heterocycles. The summed E-state index contributed by atoms with van der Waals surface area (Å²) in [6, 6.07) is 10.9. The predicted molar refractivity (Wildman–Crippen MR) is 153 cm³/mol. The molecule has 1 aromatic carbocycles. The van der Waals surface area contributed by atoms with E-state index < -0.39 is 17.3 Å². The van der Waals surface area contributed by atoms with Gasteiger partial charge in [0.1, 0.15) is 23.4 Å². The van der Waals surface area contributed by atoms with Crippen molar-refractivity contribution < 1.29 is 23.0 Å². The number of alkyl halides is 3. The number of pyridine rings is 3. The minimum atomic E-state index is -4.78. The highest BCUT2D eigenvalue weighted by atomic mass is 35.5. The standard InChI is InChI=1S/C30H28ClF3N4O3/c1-5-19(15-39)27(35-4)21-12-17(2)37-28-20(21)8-6-10-26(28)41-16-22-24(31)13-18(3)36-25(22)14-38-11-7-9-23(29(38)40)30(32,33)34/h5-13,39H,14-16H2,1-4H3/b19-5-,35-27+. The van der Waals surface area contributed by atoms with Gasteiger partial charge in [0.2, 0.25) is 0 Å². The van der Waals surface area contributed by atoms with Gasteiger partial charge in [-0.3, -0.25) is 14.8 Å². The van der Waals surface area contributed by atoms with E-state index in [9.17, 15) is 23.1 Å². The Bertz CT molecular complexity index is 1730. The molecule has 0 atom stereocenters. The molecule has 41 heavy (non-hydrogen) atoms. The van der Waals surface area contributed by atoms with Crippen molar-refractivity contribution in [2.75, 3.05) is 13.7 Å². The van der Waals surface area contributed by atoms with Crippen molar-refractivity contribution in [3.8, 4) is 5.75 Å². The van der Waals surface area contributed by atoms with E-state index in [0.717, 1.165) is 21.6 Å². The summed E-state index contributed by atoms with van der Waals surface area (Å²) in [5.74, 6) is 0.438. The number of aliphatic hydroxyl groups excluding tert-OH is 1. The van der Waals surface area contributed by atoms with Crippen LogP contribution in [0.1, 0.15) is 40.7 Å². The molecule has 0 radical (unpaired) electrons. The topological polar surface area (TPSA) is 89.6 Å². The lowest BCUT2D eigenvalue weighted by atomic mass is 9.97. The van der Waals surface area contributed by atoms with Gasteiger partial charge in [-0.2, -0.15) is 13.2 Å². The van der Waals surface area contributed by atoms with Gasteiger partial charge in [0.05, 0.1) is 29.6 Å². The van der Waals surface area contributed by atoms with Crippen LogP contribution in [0.15, 0.2) is 70.1 Å². The smallest absolute Gasteiger partial charge is 0.421 e. The molecule has 0 aliphatic carbocycles. The molecule has 0 saturated carbocycles. The molecule has 0 amide bonds. The van der Waals surface area contributed by atoms with Gasteiger partial charge in [0.15, 0.2) is 0 Å². The third-order valence-corrected chi connectivity index (χ3v) is 6.87. The van der Waals surface area contributed by atoms with Gasteiger partial charge >= 0.3 is 6.18 Å². The van der Waals surface area contributed by atoms with Gasteiger partial charge in [0.25, 0.3) is 5.56 Å². The Morgan fingerprint density at radius 2 is 1.88 bits per heavy atom. The maximum atomic E-state index is 13.3. The molecule has 11 heteroatoms. The SMILES string of the molecule is C/C=C(CO)\C(=N/C)c1cc(C)nc2c(OCc3c(Cl)cc(C)nc3Cn3cccc(C(F)(F)F)c3=O)cccc12. The number of aliphatic imine (C=N–C) groups is 1. The number of para-hydroxylation sites is 1. The summed E-state index contributed by atoms with van der Waals surface area (Å²) in [5, 5.41) is 10.9. The zero-order valence-corrected chi connectivity index (χ0v) is 23.6. The van der Waals surface area contributed by atoms with Crippen molar-refractivity contribution >= 4 is 28.2 Å². The summed E-state index contributed by atoms with van der Waals surface area (Å²) in [7, 11) is 1.65. The third-order valence-electron chi connectivity index (χ3n) is 6.53. The van der Waals surface area contributed by atoms with Crippen molar-refractivity contribution in [3.63, 3.8) is 0 Å². The van der Waals surface area contributed by atoms with E-state index >= 15 is 0 Å². The first kappa shape index (κ1) is 30.0. The second kappa shape index (κ2) is 12.2. The van der Waals surface area contributed by atoms with Crippen molar-refractivity contribution in [1.82, 2.24) is 14.5 Å². The Labute approximate surface area is 239 Å². The van der Waals surface area contributed by atoms with Gasteiger partial charge in [-0.1, -0.05) is 29.8 Å². The molecular weight excluding hydrogens is 557 g/mol. The lowest BCUT2D eigenvalue weighted by Crippen LogP contribution is -2.29. The summed E-state index contributed by atoms with van der Waals surface area (Å²) in [5.41, 5.74) is 2.17. The number of nitrogens with zero attached hydrogens (tertiary/aromatic N) is 4. The molecule has 1 N–H and O–H groups in total. The Kier molecular flexibility index (Phi) is 8.94. The number of aryl methyl sites for hydroxylation is 2. The van der Waals surface area contributed by atoms with Gasteiger partial charge < -0.3 is 14.4 Å². The van der Waals surface area contributed by atoms with Crippen LogP contribution in [0.25, 0.3) is 10.9 Å². The monoisotopic (exact) mass is 584 g/mol. The second-order valence-electron chi connectivity index (χ2n) is 9.32. The van der Waals surface area contributed by atoms with Crippen LogP contribution in [-0.4, -0.2) is 39.0 Å². The average Bonchev–Trinajstić information content (AvgIpc) is 2.91. The number of hydrogen-bond donors (Lipinski definition) is 1. The fraction of sp³-hybridized carbons (Fsp3) is 0.267. The molecular formula is C30H28ClF3N4O3. The summed E-state index contributed by atoms with van der Waals surface area (Å²) in [6.07, 6.45) is -1.71. The molecule has 0 bridgehead atoms. The van der Waals surface area contributed by atoms with Gasteiger partial charge in [-0.15, -0.1) is 0 Å². The number of aliphatic hydroxyl groups is 1. The molecule has 0 aliphatic rings. The lowest BCUT2D eigenvalue weighted by Gasteiger charge is -2.17. The Morgan fingerprint density at radius 1 is 1.15 bits per heavy atom. The van der Waals surface area contributed by atoms with Crippen LogP contribution in [-0.2, 0) is 19.3 Å². The largest absolute Gasteiger partial charge is 0.486 e. The van der Waals surface area contributed by atoms with Crippen LogP contribution in [0, 0.1) is 13.8 Å². The van der Waals surface area contributed by atoms with Crippen LogP contribution < -0.4 is 10.3 Å². The molecule has 4 aromatic rings. The van der Waals surface area contributed by atoms with Crippen molar-refractivity contribution in [1.29, 1.82) is 0 Å². The van der Waals surface area contributed by atoms with E-state index in [1.165, 1.54) is 12.3 Å². The molecule has 3 aromatic heterocycles. The Balaban J connectivity index is 1.75. The lowest BCUT2D eigenvalue weighted by molar-refractivity contribution is -0.138. The summed E-state index contributed by atoms with van der Waals surface area (Å²) in [6.45, 7) is 4.87. The fourth-order valence-electron chi connectivity index (χ4n) is 4.59. The van der Waals surface area contributed by atoms with Crippen molar-refractivity contribution in [2.45, 2.75) is 40.1 Å². The second-order valence-corrected chi connectivity index (χ2v) is 9.73. The third kappa shape index (κ3) is 6.34. The van der Waals surface area contributed by atoms with Crippen LogP contribution in [0.2, 0.25) is 5.02 Å². The number of ether oxygens (including phenoxy) is 1. The summed E-state index contributed by atoms with van der Waals surface area (Å²) >= 11 is 6.56. The highest BCUT2D eigenvalue weighted by molar-refractivity contribution is 6.31. The molecule has 7 nitrogen and oxygen atoms in total. The molecule has 0 aliphatic heterocycles. The predicted octanol–water partition coefficient (Wildman–Crippen LogP) is 6.07. The van der Waals surface area contributed by atoms with Crippen molar-refractivity contribution in [2.24, 2.45) is 4.99 Å². The first-order valence-electron chi connectivity index (χ1n) is 12.7. The molecule has 0 saturated heterocycles. The zero-order valence-electron chi connectivity index (χ0n) is 22.9. The minimum absolute atomic E-state index is 0.0787. The molecule has 0 fully saturated rings. The molecule has 0 spiro atoms. The van der Waals surface area contributed by atoms with E-state index in [0.29, 0.717) is 50.2 Å². The quantitative estimate of drug-likeness (QED) is 0.254. The highest BCUT2D eigenvalue weighted by Crippen LogP contribution is 2.31. The van der Waals surface area contributed by atoms with E-state index in [-0.39, 0.29) is 19.8 Å². The van der Waals surface area contributed by atoms with Crippen molar-refractivity contribution in [3.05, 3.63) is 109 Å². The summed E-state index contributed by atoms with van der Waals surface area (Å²) in [4.78, 5) is 26.1. The zero-order chi connectivity index (χ0) is 29.9. The maximum Gasteiger partial charge on any atom is 0.421 e. The van der Waals surface area contributed by atoms with Crippen LogP contribution in [0.3, 0.4) is 0 Å². The minimum Gasteiger partial charge on any atom is -0.486 e. The van der Waals surface area contributed by atoms with E-state index in [2.05, 4.69) is 15.0 Å². The highest BCUT2D eigenvalue weighted by Gasteiger charge is 2.34. The number of allylic oxidation sites excluding steroid dienone is 1. The van der Waals surface area contributed by atoms with Gasteiger partial charge in [-0.25, -0.2) is 4.98 Å². The van der Waals surface area contributed by atoms with Crippen LogP contribution in [0.4, 0.5) is 13.2 Å². The Morgan fingerprint density at radius 3 is 2.54 bits per heavy atom. The molecule has 4 rings (SSSR count). The van der Waals surface area contributed by atoms with Crippen LogP contribution >= 0.6 is 11.6 Å². The number of benzene rings is 1. The normalized spacial score (nSPS) is 12.7. The van der Waals surface area contributed by atoms with E-state index in [1.54, 1.807) is 38.2 Å². The summed E-state index contributed by atoms with van der Waals surface area (Å²) < 4.78 is 47.1. The van der Waals surface area contributed by atoms with E-state index in [1.807, 2.05) is 26.0 Å². The van der Waals surface area contributed by atoms with E-state index in [4.69, 9.17) is 16.3 Å². The number of halogens is 4. The number of rotatable bonds is 8. The Hall–Kier alpha value is -4.02. The number of hydrogen-bond acceptors (Lipinski definition) is 6. The number of aromatic nitrogens is 3. The fourth-order valence-corrected chi connectivity index (χ4v) is 4.92. The first-order valence-corrected chi connectivity index (χ1v) is 13.0. The van der Waals surface area contributed by atoms with Gasteiger partial charge in [-0.05, 0) is 56.7 Å². The molecule has 214 valence electrons. The van der Waals surface area contributed by atoms with Crippen LogP contribution in [0.5, 0.6) is 5.75 Å². The first-order chi connectivity index (χ1) is 19.5. The number of fused-ring (bicyclic) bond motifs is 1.